The standard InChI is InChI=1S/C54H64FN9O8S/c1-28(2)42-15-16-43(73-42)51-64-37-14-13-30(35-26-56-47(58-35)39-12-10-19-63(39)50(66)46(61-53(68)70-8)31-17-20-71-54(5,6)25-31)21-33(37)23-40(64)44-34(55)22-32(24-41(44)72-51)36-27-57-48(59-36)38-11-9-18-62(38)49(65)45(29(3)4)60-52(67)69-7/h13-16,21-24,26-29,31,38-39,45-46,51H,9-12,17-20,25H2,1-8H3,(H,56,58)(H,57,59)(H,60,67)(H,61,68)/t31-,38+,39+,45+,46+,51+/m1/s1. The number of aromatic amines is 2. The predicted octanol–water partition coefficient (Wildman–Crippen LogP) is 9.99. The van der Waals surface area contributed by atoms with Crippen molar-refractivity contribution in [3.8, 4) is 39.5 Å². The molecule has 17 nitrogen and oxygen atoms in total. The number of likely N-dealkylation sites (tertiary alicyclic amines) is 2. The van der Waals surface area contributed by atoms with Gasteiger partial charge in [-0.3, -0.25) is 14.2 Å². The molecule has 3 saturated heterocycles. The number of imidazole rings is 2. The van der Waals surface area contributed by atoms with Crippen molar-refractivity contribution in [1.82, 2.24) is 44.9 Å². The van der Waals surface area contributed by atoms with Crippen molar-refractivity contribution in [3.63, 3.8) is 0 Å². The van der Waals surface area contributed by atoms with Gasteiger partial charge >= 0.3 is 12.2 Å². The van der Waals surface area contributed by atoms with Crippen LogP contribution < -0.4 is 15.4 Å². The summed E-state index contributed by atoms with van der Waals surface area (Å²) in [5, 5.41) is 6.42. The van der Waals surface area contributed by atoms with Gasteiger partial charge in [-0.25, -0.2) is 23.9 Å². The van der Waals surface area contributed by atoms with E-state index in [9.17, 15) is 19.2 Å². The van der Waals surface area contributed by atoms with E-state index in [-0.39, 0.29) is 35.7 Å². The number of hydrogen-bond donors (Lipinski definition) is 4. The lowest BCUT2D eigenvalue weighted by Crippen LogP contribution is -2.54. The molecule has 4 aromatic heterocycles. The summed E-state index contributed by atoms with van der Waals surface area (Å²) in [5.74, 6) is 0.760. The third kappa shape index (κ3) is 9.57. The van der Waals surface area contributed by atoms with E-state index in [1.54, 1.807) is 28.6 Å². The van der Waals surface area contributed by atoms with Crippen LogP contribution in [-0.2, 0) is 23.8 Å². The van der Waals surface area contributed by atoms with Crippen LogP contribution in [0, 0.1) is 17.7 Å². The highest BCUT2D eigenvalue weighted by Gasteiger charge is 2.43. The van der Waals surface area contributed by atoms with Gasteiger partial charge in [0.2, 0.25) is 18.0 Å². The average molecular weight is 1020 g/mol. The number of H-pyrrole nitrogens is 2. The quantitative estimate of drug-likeness (QED) is 0.0915. The molecule has 4 aliphatic heterocycles. The van der Waals surface area contributed by atoms with Crippen LogP contribution in [0.1, 0.15) is 126 Å². The van der Waals surface area contributed by atoms with Crippen LogP contribution in [0.2, 0.25) is 0 Å². The van der Waals surface area contributed by atoms with E-state index in [1.165, 1.54) is 25.2 Å². The van der Waals surface area contributed by atoms with Gasteiger partial charge in [-0.2, -0.15) is 0 Å². The predicted molar refractivity (Wildman–Crippen MR) is 273 cm³/mol. The number of nitrogens with zero attached hydrogens (tertiary/aromatic N) is 5. The van der Waals surface area contributed by atoms with Crippen LogP contribution in [-0.4, -0.2) is 110 Å². The number of nitrogens with one attached hydrogen (secondary N) is 4. The largest absolute Gasteiger partial charge is 0.464 e. The Balaban J connectivity index is 0.953. The van der Waals surface area contributed by atoms with Crippen LogP contribution in [0.4, 0.5) is 14.0 Å². The van der Waals surface area contributed by atoms with E-state index in [0.717, 1.165) is 39.9 Å². The smallest absolute Gasteiger partial charge is 0.407 e. The summed E-state index contributed by atoms with van der Waals surface area (Å²) in [6.45, 7) is 13.6. The van der Waals surface area contributed by atoms with E-state index in [0.29, 0.717) is 91.2 Å². The molecule has 6 aromatic rings. The molecule has 4 amide bonds. The van der Waals surface area contributed by atoms with Gasteiger partial charge in [0, 0.05) is 41.1 Å². The molecule has 19 heteroatoms. The number of aromatic nitrogens is 5. The molecule has 3 fully saturated rings. The van der Waals surface area contributed by atoms with E-state index in [1.807, 2.05) is 56.9 Å². The normalized spacial score (nSPS) is 21.2. The van der Waals surface area contributed by atoms with E-state index < -0.39 is 41.9 Å². The zero-order valence-corrected chi connectivity index (χ0v) is 43.4. The van der Waals surface area contributed by atoms with Crippen molar-refractivity contribution in [2.24, 2.45) is 11.8 Å². The molecule has 386 valence electrons. The van der Waals surface area contributed by atoms with Crippen molar-refractivity contribution >= 4 is 46.2 Å². The molecule has 2 aromatic carbocycles. The van der Waals surface area contributed by atoms with Gasteiger partial charge in [-0.1, -0.05) is 33.8 Å². The van der Waals surface area contributed by atoms with Crippen molar-refractivity contribution in [3.05, 3.63) is 88.1 Å². The highest BCUT2D eigenvalue weighted by molar-refractivity contribution is 7.12. The fourth-order valence-electron chi connectivity index (χ4n) is 11.2. The molecule has 6 atom stereocenters. The van der Waals surface area contributed by atoms with E-state index >= 15 is 4.39 Å². The number of carbonyl (C=O) groups excluding carboxylic acids is 4. The molecule has 4 aliphatic rings. The van der Waals surface area contributed by atoms with Crippen LogP contribution in [0.5, 0.6) is 5.75 Å². The highest BCUT2D eigenvalue weighted by atomic mass is 32.1. The summed E-state index contributed by atoms with van der Waals surface area (Å²) in [6, 6.07) is 13.4. The van der Waals surface area contributed by atoms with E-state index in [4.69, 9.17) is 28.9 Å². The van der Waals surface area contributed by atoms with Crippen molar-refractivity contribution in [2.45, 2.75) is 122 Å². The lowest BCUT2D eigenvalue weighted by atomic mass is 9.82. The Morgan fingerprint density at radius 2 is 1.48 bits per heavy atom. The van der Waals surface area contributed by atoms with Gasteiger partial charge in [0.15, 0.2) is 0 Å². The zero-order chi connectivity index (χ0) is 51.5. The minimum atomic E-state index is -0.776. The highest BCUT2D eigenvalue weighted by Crippen LogP contribution is 2.49. The van der Waals surface area contributed by atoms with Gasteiger partial charge in [0.05, 0.1) is 77.3 Å². The summed E-state index contributed by atoms with van der Waals surface area (Å²) in [7, 11) is 2.57. The molecule has 73 heavy (non-hydrogen) atoms. The first-order chi connectivity index (χ1) is 35.0. The number of rotatable bonds is 12. The Hall–Kier alpha value is -6.73. The fourth-order valence-corrected chi connectivity index (χ4v) is 12.3. The Kier molecular flexibility index (Phi) is 13.6. The number of alkyl carbamates (subject to hydrolysis) is 2. The summed E-state index contributed by atoms with van der Waals surface area (Å²) in [5.41, 5.74) is 4.18. The van der Waals surface area contributed by atoms with Crippen molar-refractivity contribution in [2.75, 3.05) is 33.9 Å². The van der Waals surface area contributed by atoms with Gasteiger partial charge in [-0.05, 0) is 113 Å². The van der Waals surface area contributed by atoms with Crippen molar-refractivity contribution in [1.29, 1.82) is 0 Å². The van der Waals surface area contributed by atoms with Crippen LogP contribution >= 0.6 is 11.3 Å². The maximum absolute atomic E-state index is 17.0. The van der Waals surface area contributed by atoms with Crippen LogP contribution in [0.15, 0.2) is 60.9 Å². The number of ether oxygens (including phenoxy) is 4. The maximum atomic E-state index is 17.0. The monoisotopic (exact) mass is 1020 g/mol. The summed E-state index contributed by atoms with van der Waals surface area (Å²) in [4.78, 5) is 75.3. The Labute approximate surface area is 427 Å². The number of fused-ring (bicyclic) bond motifs is 5. The minimum Gasteiger partial charge on any atom is -0.464 e. The molecule has 0 saturated carbocycles. The SMILES string of the molecule is COC(=O)N[C@H](C(=O)N1CCC[C@H]1c1ncc(-c2cc(F)c3c(c2)O[C@@H](c2ccc(C(C)C)s2)n2c-3cc3cc(-c4cnc([C@@H]5CCCN5C(=O)[C@@H](NC(=O)OC)[C@@H]5CCOC(C)(C)C5)[nH]4)ccc32)[nH]1)C(C)C. The molecule has 0 unspecified atom stereocenters. The van der Waals surface area contributed by atoms with Crippen molar-refractivity contribution < 1.29 is 42.5 Å². The van der Waals surface area contributed by atoms with Gasteiger partial charge < -0.3 is 49.3 Å². The van der Waals surface area contributed by atoms with Gasteiger partial charge in [-0.15, -0.1) is 11.3 Å². The number of carbonyl (C=O) groups is 4. The molecule has 4 N–H and O–H groups in total. The number of benzene rings is 2. The first-order valence-electron chi connectivity index (χ1n) is 25.3. The first-order valence-corrected chi connectivity index (χ1v) is 26.1. The summed E-state index contributed by atoms with van der Waals surface area (Å²) in [6.07, 6.45) is 5.70. The second-order valence-corrected chi connectivity index (χ2v) is 22.1. The van der Waals surface area contributed by atoms with Gasteiger partial charge in [0.1, 0.15) is 35.3 Å². The summed E-state index contributed by atoms with van der Waals surface area (Å²) < 4.78 is 41.7. The lowest BCUT2D eigenvalue weighted by Gasteiger charge is -2.40. The Morgan fingerprint density at radius 3 is 2.11 bits per heavy atom. The minimum absolute atomic E-state index is 0.130. The topological polar surface area (TPSA) is 198 Å². The van der Waals surface area contributed by atoms with Crippen LogP contribution in [0.25, 0.3) is 44.7 Å². The number of hydrogen-bond acceptors (Lipinski definition) is 11. The summed E-state index contributed by atoms with van der Waals surface area (Å²) >= 11 is 1.67. The number of methoxy groups -OCH3 is 2. The van der Waals surface area contributed by atoms with E-state index in [2.05, 4.69) is 57.2 Å². The second kappa shape index (κ2) is 19.9. The number of amides is 4. The molecule has 8 heterocycles. The molecule has 0 spiro atoms. The lowest BCUT2D eigenvalue weighted by molar-refractivity contribution is -0.139. The van der Waals surface area contributed by atoms with Gasteiger partial charge in [0.25, 0.3) is 0 Å². The Morgan fingerprint density at radius 1 is 0.822 bits per heavy atom. The molecule has 0 bridgehead atoms. The number of halogens is 1. The van der Waals surface area contributed by atoms with Crippen LogP contribution in [0.3, 0.4) is 0 Å². The Bertz CT molecular complexity index is 3060. The third-order valence-corrected chi connectivity index (χ3v) is 16.3. The molecule has 0 aliphatic carbocycles. The number of thiophene rings is 1. The first kappa shape index (κ1) is 49.8. The third-order valence-electron chi connectivity index (χ3n) is 14.9. The zero-order valence-electron chi connectivity index (χ0n) is 42.5. The maximum Gasteiger partial charge on any atom is 0.407 e. The molecular weight excluding hydrogens is 954 g/mol. The molecular formula is C54H64FN9O8S. The molecule has 0 radical (unpaired) electrons. The molecule has 10 rings (SSSR count). The fraction of sp³-hybridized carbons (Fsp3) is 0.481. The second-order valence-electron chi connectivity index (χ2n) is 20.9. The average Bonchev–Trinajstić information content (AvgIpc) is 4.23.